The number of carbonyl (C=O) groups excluding carboxylic acids is 1. The van der Waals surface area contributed by atoms with Gasteiger partial charge in [0.1, 0.15) is 4.70 Å². The molecule has 0 spiro atoms. The normalized spacial score (nSPS) is 10.8. The van der Waals surface area contributed by atoms with Gasteiger partial charge in [0.05, 0.1) is 23.3 Å². The third-order valence-electron chi connectivity index (χ3n) is 2.78. The van der Waals surface area contributed by atoms with Gasteiger partial charge in [-0.2, -0.15) is 0 Å². The highest BCUT2D eigenvalue weighted by Gasteiger charge is 2.10. The third kappa shape index (κ3) is 2.24. The molecule has 3 aromatic heterocycles. The lowest BCUT2D eigenvalue weighted by Gasteiger charge is -2.02. The van der Waals surface area contributed by atoms with E-state index in [-0.39, 0.29) is 11.5 Å². The second-order valence-electron chi connectivity index (χ2n) is 4.05. The number of fused-ring (bicyclic) bond motifs is 1. The van der Waals surface area contributed by atoms with E-state index in [0.29, 0.717) is 21.6 Å². The Balaban J connectivity index is 1.93. The van der Waals surface area contributed by atoms with Gasteiger partial charge < -0.3 is 0 Å². The zero-order valence-electron chi connectivity index (χ0n) is 10.2. The van der Waals surface area contributed by atoms with Gasteiger partial charge in [-0.05, 0) is 23.6 Å². The summed E-state index contributed by atoms with van der Waals surface area (Å²) < 4.78 is 2.18. The molecule has 3 N–H and O–H groups in total. The lowest BCUT2D eigenvalue weighted by molar-refractivity contribution is 0.0957. The molecule has 0 aliphatic carbocycles. The smallest absolute Gasteiger partial charge is 0.275 e. The Bertz CT molecular complexity index is 833. The predicted molar refractivity (Wildman–Crippen MR) is 79.0 cm³/mol. The van der Waals surface area contributed by atoms with E-state index < -0.39 is 0 Å². The van der Waals surface area contributed by atoms with E-state index in [9.17, 15) is 9.59 Å². The van der Waals surface area contributed by atoms with Crippen molar-refractivity contribution in [1.29, 1.82) is 0 Å². The van der Waals surface area contributed by atoms with Crippen LogP contribution in [0, 0.1) is 0 Å². The van der Waals surface area contributed by atoms with E-state index in [0.717, 1.165) is 4.88 Å². The molecule has 3 rings (SSSR count). The summed E-state index contributed by atoms with van der Waals surface area (Å²) in [5, 5.41) is 1.85. The van der Waals surface area contributed by atoms with Crippen LogP contribution in [-0.2, 0) is 6.54 Å². The fourth-order valence-electron chi connectivity index (χ4n) is 1.82. The first-order chi connectivity index (χ1) is 9.69. The summed E-state index contributed by atoms with van der Waals surface area (Å²) in [4.78, 5) is 29.3. The molecule has 0 saturated carbocycles. The summed E-state index contributed by atoms with van der Waals surface area (Å²) in [6.07, 6.45) is 1.53. The zero-order chi connectivity index (χ0) is 14.1. The number of amides is 1. The van der Waals surface area contributed by atoms with Crippen molar-refractivity contribution in [3.05, 3.63) is 50.0 Å². The lowest BCUT2D eigenvalue weighted by Crippen LogP contribution is -2.29. The van der Waals surface area contributed by atoms with E-state index in [1.165, 1.54) is 33.6 Å². The summed E-state index contributed by atoms with van der Waals surface area (Å²) in [5.41, 5.74) is 2.73. The molecule has 0 atom stereocenters. The van der Waals surface area contributed by atoms with Crippen LogP contribution in [0.2, 0.25) is 0 Å². The Morgan fingerprint density at radius 3 is 3.05 bits per heavy atom. The Kier molecular flexibility index (Phi) is 3.35. The maximum absolute atomic E-state index is 12.2. The number of nitrogen functional groups attached to an aromatic ring is 1. The summed E-state index contributed by atoms with van der Waals surface area (Å²) in [6, 6.07) is 5.31. The van der Waals surface area contributed by atoms with Crippen molar-refractivity contribution in [2.45, 2.75) is 6.54 Å². The topological polar surface area (TPSA) is 90.0 Å². The number of nitrogens with one attached hydrogen (secondary N) is 1. The number of nitrogens with two attached hydrogens (primary N) is 1. The molecule has 0 unspecified atom stereocenters. The number of hydrogen-bond donors (Lipinski definition) is 2. The van der Waals surface area contributed by atoms with Crippen LogP contribution >= 0.6 is 22.7 Å². The van der Waals surface area contributed by atoms with Crippen LogP contribution < -0.4 is 16.8 Å². The SMILES string of the molecule is NNC(=O)c1ccc(Cn2cnc3ccsc3c2=O)s1. The molecular formula is C12H10N4O2S2. The number of thiophene rings is 2. The second kappa shape index (κ2) is 5.16. The molecule has 8 heteroatoms. The van der Waals surface area contributed by atoms with Crippen LogP contribution in [0.15, 0.2) is 34.7 Å². The minimum Gasteiger partial charge on any atom is -0.293 e. The van der Waals surface area contributed by atoms with Crippen molar-refractivity contribution >= 4 is 38.8 Å². The standard InChI is InChI=1S/C12H10N4O2S2/c13-15-11(17)9-2-1-7(20-9)5-16-6-14-8-3-4-19-10(8)12(16)18/h1-4,6H,5,13H2,(H,15,17). The average molecular weight is 306 g/mol. The molecule has 6 nitrogen and oxygen atoms in total. The van der Waals surface area contributed by atoms with Gasteiger partial charge in [0.25, 0.3) is 11.5 Å². The molecule has 3 heterocycles. The quantitative estimate of drug-likeness (QED) is 0.432. The van der Waals surface area contributed by atoms with Crippen LogP contribution in [-0.4, -0.2) is 15.5 Å². The molecule has 0 bridgehead atoms. The first-order valence-electron chi connectivity index (χ1n) is 5.71. The van der Waals surface area contributed by atoms with Gasteiger partial charge in [0.15, 0.2) is 0 Å². The van der Waals surface area contributed by atoms with E-state index >= 15 is 0 Å². The van der Waals surface area contributed by atoms with Crippen molar-refractivity contribution in [2.75, 3.05) is 0 Å². The predicted octanol–water partition coefficient (Wildman–Crippen LogP) is 1.17. The van der Waals surface area contributed by atoms with Crippen LogP contribution in [0.25, 0.3) is 10.2 Å². The van der Waals surface area contributed by atoms with Gasteiger partial charge >= 0.3 is 0 Å². The first kappa shape index (κ1) is 13.0. The van der Waals surface area contributed by atoms with Crippen molar-refractivity contribution in [2.24, 2.45) is 5.84 Å². The van der Waals surface area contributed by atoms with E-state index in [1.807, 2.05) is 11.4 Å². The first-order valence-corrected chi connectivity index (χ1v) is 7.41. The Morgan fingerprint density at radius 2 is 2.25 bits per heavy atom. The fraction of sp³-hybridized carbons (Fsp3) is 0.0833. The van der Waals surface area contributed by atoms with Crippen LogP contribution in [0.3, 0.4) is 0 Å². The molecular weight excluding hydrogens is 296 g/mol. The number of aromatic nitrogens is 2. The number of hydrazine groups is 1. The molecule has 102 valence electrons. The number of rotatable bonds is 3. The lowest BCUT2D eigenvalue weighted by atomic mass is 10.4. The molecule has 0 radical (unpaired) electrons. The highest BCUT2D eigenvalue weighted by Crippen LogP contribution is 2.18. The van der Waals surface area contributed by atoms with E-state index in [4.69, 9.17) is 5.84 Å². The molecule has 0 fully saturated rings. The molecule has 20 heavy (non-hydrogen) atoms. The van der Waals surface area contributed by atoms with Gasteiger partial charge in [0, 0.05) is 4.88 Å². The number of nitrogens with zero attached hydrogens (tertiary/aromatic N) is 2. The Morgan fingerprint density at radius 1 is 1.40 bits per heavy atom. The maximum atomic E-state index is 12.2. The van der Waals surface area contributed by atoms with E-state index in [2.05, 4.69) is 10.4 Å². The highest BCUT2D eigenvalue weighted by atomic mass is 32.1. The van der Waals surface area contributed by atoms with Crippen molar-refractivity contribution in [1.82, 2.24) is 15.0 Å². The molecule has 3 aromatic rings. The Hall–Kier alpha value is -2.03. The minimum absolute atomic E-state index is 0.0665. The summed E-state index contributed by atoms with van der Waals surface area (Å²) >= 11 is 2.68. The summed E-state index contributed by atoms with van der Waals surface area (Å²) in [7, 11) is 0. The van der Waals surface area contributed by atoms with Crippen molar-refractivity contribution in [3.8, 4) is 0 Å². The second-order valence-corrected chi connectivity index (χ2v) is 6.14. The summed E-state index contributed by atoms with van der Waals surface area (Å²) in [5.74, 6) is 4.75. The number of hydrogen-bond acceptors (Lipinski definition) is 6. The maximum Gasteiger partial charge on any atom is 0.275 e. The fourth-order valence-corrected chi connectivity index (χ4v) is 3.52. The number of carbonyl (C=O) groups is 1. The minimum atomic E-state index is -0.333. The molecule has 0 aromatic carbocycles. The van der Waals surface area contributed by atoms with Crippen molar-refractivity contribution in [3.63, 3.8) is 0 Å². The van der Waals surface area contributed by atoms with Gasteiger partial charge in [-0.15, -0.1) is 22.7 Å². The summed E-state index contributed by atoms with van der Waals surface area (Å²) in [6.45, 7) is 0.391. The van der Waals surface area contributed by atoms with Gasteiger partial charge in [-0.25, -0.2) is 10.8 Å². The van der Waals surface area contributed by atoms with Gasteiger partial charge in [0.2, 0.25) is 0 Å². The van der Waals surface area contributed by atoms with Crippen LogP contribution in [0.4, 0.5) is 0 Å². The Labute approximate surface area is 121 Å². The third-order valence-corrected chi connectivity index (χ3v) is 4.74. The van der Waals surface area contributed by atoms with Gasteiger partial charge in [-0.1, -0.05) is 0 Å². The average Bonchev–Trinajstić information content (AvgIpc) is 3.10. The van der Waals surface area contributed by atoms with Crippen LogP contribution in [0.5, 0.6) is 0 Å². The zero-order valence-corrected chi connectivity index (χ0v) is 11.8. The van der Waals surface area contributed by atoms with E-state index in [1.54, 1.807) is 12.1 Å². The molecule has 1 amide bonds. The molecule has 0 saturated heterocycles. The molecule has 0 aliphatic rings. The van der Waals surface area contributed by atoms with Crippen LogP contribution in [0.1, 0.15) is 14.5 Å². The monoisotopic (exact) mass is 306 g/mol. The largest absolute Gasteiger partial charge is 0.293 e. The molecule has 0 aliphatic heterocycles. The van der Waals surface area contributed by atoms with Gasteiger partial charge in [-0.3, -0.25) is 19.6 Å². The highest BCUT2D eigenvalue weighted by molar-refractivity contribution is 7.17. The van der Waals surface area contributed by atoms with Crippen molar-refractivity contribution < 1.29 is 4.79 Å².